The van der Waals surface area contributed by atoms with Crippen molar-refractivity contribution in [2.24, 2.45) is 11.7 Å². The molecular formula is C9H17N. The minimum Gasteiger partial charge on any atom is -0.328 e. The number of allylic oxidation sites excluding steroid dienone is 1. The monoisotopic (exact) mass is 139 g/mol. The first-order valence-electron chi connectivity index (χ1n) is 4.19. The molecule has 1 rings (SSSR count). The van der Waals surface area contributed by atoms with Crippen molar-refractivity contribution >= 4 is 0 Å². The van der Waals surface area contributed by atoms with Gasteiger partial charge >= 0.3 is 0 Å². The van der Waals surface area contributed by atoms with Crippen LogP contribution in [0.2, 0.25) is 0 Å². The predicted molar refractivity (Wildman–Crippen MR) is 44.7 cm³/mol. The van der Waals surface area contributed by atoms with Gasteiger partial charge in [-0.2, -0.15) is 0 Å². The van der Waals surface area contributed by atoms with Crippen LogP contribution in [0.1, 0.15) is 32.1 Å². The summed E-state index contributed by atoms with van der Waals surface area (Å²) in [6.07, 6.45) is 8.29. The van der Waals surface area contributed by atoms with Crippen molar-refractivity contribution in [3.63, 3.8) is 0 Å². The van der Waals surface area contributed by atoms with Crippen molar-refractivity contribution in [3.05, 3.63) is 12.7 Å². The van der Waals surface area contributed by atoms with Gasteiger partial charge in [0.25, 0.3) is 0 Å². The Morgan fingerprint density at radius 3 is 2.80 bits per heavy atom. The van der Waals surface area contributed by atoms with Gasteiger partial charge in [-0.05, 0) is 38.0 Å². The highest BCUT2D eigenvalue weighted by Gasteiger charge is 2.20. The van der Waals surface area contributed by atoms with Gasteiger partial charge in [-0.1, -0.05) is 6.08 Å². The van der Waals surface area contributed by atoms with E-state index in [1.807, 2.05) is 6.08 Å². The average Bonchev–Trinajstić information content (AvgIpc) is 2.31. The molecular weight excluding hydrogens is 122 g/mol. The van der Waals surface area contributed by atoms with Crippen LogP contribution in [0.25, 0.3) is 0 Å². The SMILES string of the molecule is C=CCCC1CCC(N)C1. The molecule has 58 valence electrons. The maximum Gasteiger partial charge on any atom is 0.00415 e. The standard InChI is InChI=1S/C9H17N/c1-2-3-4-8-5-6-9(10)7-8/h2,8-9H,1,3-7,10H2. The van der Waals surface area contributed by atoms with E-state index in [1.54, 1.807) is 0 Å². The minimum absolute atomic E-state index is 0.495. The molecule has 1 heteroatoms. The molecule has 1 nitrogen and oxygen atoms in total. The Morgan fingerprint density at radius 2 is 2.30 bits per heavy atom. The van der Waals surface area contributed by atoms with Crippen molar-refractivity contribution in [3.8, 4) is 0 Å². The molecule has 0 aromatic carbocycles. The van der Waals surface area contributed by atoms with E-state index in [1.165, 1.54) is 25.7 Å². The highest BCUT2D eigenvalue weighted by Crippen LogP contribution is 2.27. The zero-order chi connectivity index (χ0) is 7.40. The van der Waals surface area contributed by atoms with Crippen LogP contribution in [0.3, 0.4) is 0 Å². The van der Waals surface area contributed by atoms with Crippen LogP contribution in [-0.2, 0) is 0 Å². The Labute approximate surface area is 63.3 Å². The molecule has 2 N–H and O–H groups in total. The molecule has 1 fully saturated rings. The fourth-order valence-corrected chi connectivity index (χ4v) is 1.73. The van der Waals surface area contributed by atoms with Crippen LogP contribution < -0.4 is 5.73 Å². The Balaban J connectivity index is 2.12. The molecule has 0 bridgehead atoms. The van der Waals surface area contributed by atoms with Crippen LogP contribution in [0, 0.1) is 5.92 Å². The summed E-state index contributed by atoms with van der Waals surface area (Å²) in [6.45, 7) is 3.71. The van der Waals surface area contributed by atoms with Gasteiger partial charge in [-0.3, -0.25) is 0 Å². The van der Waals surface area contributed by atoms with Crippen LogP contribution in [0.15, 0.2) is 12.7 Å². The van der Waals surface area contributed by atoms with Gasteiger partial charge in [-0.15, -0.1) is 6.58 Å². The van der Waals surface area contributed by atoms with Gasteiger partial charge in [-0.25, -0.2) is 0 Å². The maximum atomic E-state index is 5.77. The Bertz CT molecular complexity index is 109. The molecule has 1 saturated carbocycles. The molecule has 0 heterocycles. The summed E-state index contributed by atoms with van der Waals surface area (Å²) in [5.41, 5.74) is 5.77. The van der Waals surface area contributed by atoms with Gasteiger partial charge < -0.3 is 5.73 Å². The van der Waals surface area contributed by atoms with Crippen LogP contribution >= 0.6 is 0 Å². The number of hydrogen-bond donors (Lipinski definition) is 1. The third-order valence-electron chi connectivity index (χ3n) is 2.36. The van der Waals surface area contributed by atoms with Gasteiger partial charge in [0.2, 0.25) is 0 Å². The number of rotatable bonds is 3. The lowest BCUT2D eigenvalue weighted by Crippen LogP contribution is -2.14. The molecule has 0 spiro atoms. The van der Waals surface area contributed by atoms with E-state index < -0.39 is 0 Å². The first-order valence-corrected chi connectivity index (χ1v) is 4.19. The van der Waals surface area contributed by atoms with E-state index in [2.05, 4.69) is 6.58 Å². The molecule has 10 heavy (non-hydrogen) atoms. The highest BCUT2D eigenvalue weighted by molar-refractivity contribution is 4.79. The van der Waals surface area contributed by atoms with Crippen molar-refractivity contribution < 1.29 is 0 Å². The first-order chi connectivity index (χ1) is 4.83. The van der Waals surface area contributed by atoms with Crippen LogP contribution in [-0.4, -0.2) is 6.04 Å². The molecule has 2 atom stereocenters. The second-order valence-corrected chi connectivity index (χ2v) is 3.31. The largest absolute Gasteiger partial charge is 0.328 e. The summed E-state index contributed by atoms with van der Waals surface area (Å²) in [5.74, 6) is 0.896. The predicted octanol–water partition coefficient (Wildman–Crippen LogP) is 2.08. The fourth-order valence-electron chi connectivity index (χ4n) is 1.73. The third-order valence-corrected chi connectivity index (χ3v) is 2.36. The van der Waals surface area contributed by atoms with Gasteiger partial charge in [0.1, 0.15) is 0 Å². The summed E-state index contributed by atoms with van der Waals surface area (Å²) in [6, 6.07) is 0.495. The molecule has 0 radical (unpaired) electrons. The molecule has 0 amide bonds. The summed E-state index contributed by atoms with van der Waals surface area (Å²) in [7, 11) is 0. The van der Waals surface area contributed by atoms with Crippen molar-refractivity contribution in [1.82, 2.24) is 0 Å². The van der Waals surface area contributed by atoms with Crippen molar-refractivity contribution in [2.45, 2.75) is 38.1 Å². The summed E-state index contributed by atoms with van der Waals surface area (Å²) >= 11 is 0. The zero-order valence-corrected chi connectivity index (χ0v) is 6.55. The van der Waals surface area contributed by atoms with Crippen molar-refractivity contribution in [2.75, 3.05) is 0 Å². The molecule has 0 aromatic rings. The van der Waals surface area contributed by atoms with Crippen LogP contribution in [0.5, 0.6) is 0 Å². The maximum absolute atomic E-state index is 5.77. The van der Waals surface area contributed by atoms with E-state index in [4.69, 9.17) is 5.73 Å². The Kier molecular flexibility index (Phi) is 2.94. The first kappa shape index (κ1) is 7.80. The second kappa shape index (κ2) is 3.77. The third kappa shape index (κ3) is 2.14. The van der Waals surface area contributed by atoms with E-state index in [0.717, 1.165) is 12.3 Å². The Hall–Kier alpha value is -0.300. The van der Waals surface area contributed by atoms with E-state index >= 15 is 0 Å². The second-order valence-electron chi connectivity index (χ2n) is 3.31. The normalized spacial score (nSPS) is 32.5. The van der Waals surface area contributed by atoms with E-state index in [9.17, 15) is 0 Å². The number of nitrogens with two attached hydrogens (primary N) is 1. The lowest BCUT2D eigenvalue weighted by Gasteiger charge is -2.05. The molecule has 0 aliphatic heterocycles. The topological polar surface area (TPSA) is 26.0 Å². The van der Waals surface area contributed by atoms with Crippen molar-refractivity contribution in [1.29, 1.82) is 0 Å². The lowest BCUT2D eigenvalue weighted by atomic mass is 10.0. The minimum atomic E-state index is 0.495. The Morgan fingerprint density at radius 1 is 1.50 bits per heavy atom. The molecule has 1 aliphatic rings. The summed E-state index contributed by atoms with van der Waals surface area (Å²) < 4.78 is 0. The quantitative estimate of drug-likeness (QED) is 0.595. The number of hydrogen-bond acceptors (Lipinski definition) is 1. The highest BCUT2D eigenvalue weighted by atomic mass is 14.6. The van der Waals surface area contributed by atoms with Crippen LogP contribution in [0.4, 0.5) is 0 Å². The average molecular weight is 139 g/mol. The van der Waals surface area contributed by atoms with E-state index in [-0.39, 0.29) is 0 Å². The fraction of sp³-hybridized carbons (Fsp3) is 0.778. The molecule has 0 saturated heterocycles. The molecule has 2 unspecified atom stereocenters. The lowest BCUT2D eigenvalue weighted by molar-refractivity contribution is 0.500. The smallest absolute Gasteiger partial charge is 0.00415 e. The van der Waals surface area contributed by atoms with E-state index in [0.29, 0.717) is 6.04 Å². The molecule has 0 aromatic heterocycles. The molecule has 1 aliphatic carbocycles. The van der Waals surface area contributed by atoms with Gasteiger partial charge in [0.15, 0.2) is 0 Å². The zero-order valence-electron chi connectivity index (χ0n) is 6.55. The van der Waals surface area contributed by atoms with Gasteiger partial charge in [0, 0.05) is 6.04 Å². The summed E-state index contributed by atoms with van der Waals surface area (Å²) in [5, 5.41) is 0. The van der Waals surface area contributed by atoms with Gasteiger partial charge in [0.05, 0.1) is 0 Å². The summed E-state index contributed by atoms with van der Waals surface area (Å²) in [4.78, 5) is 0.